The third kappa shape index (κ3) is 4.81. The van der Waals surface area contributed by atoms with Crippen LogP contribution in [0.5, 0.6) is 0 Å². The van der Waals surface area contributed by atoms with Gasteiger partial charge in [0.25, 0.3) is 5.91 Å². The molecule has 8 nitrogen and oxygen atoms in total. The van der Waals surface area contributed by atoms with Crippen LogP contribution in [-0.2, 0) is 7.05 Å². The molecule has 4 rings (SSSR count). The fourth-order valence-corrected chi connectivity index (χ4v) is 3.56. The van der Waals surface area contributed by atoms with Gasteiger partial charge in [-0.2, -0.15) is 23.3 Å². The Balaban J connectivity index is 1.55. The first-order valence-corrected chi connectivity index (χ1v) is 10.2. The van der Waals surface area contributed by atoms with Crippen molar-refractivity contribution in [1.82, 2.24) is 30.3 Å². The molecule has 4 aromatic rings. The molecule has 0 saturated carbocycles. The molecule has 33 heavy (non-hydrogen) atoms. The first-order valence-electron chi connectivity index (χ1n) is 10.2. The van der Waals surface area contributed by atoms with Crippen molar-refractivity contribution in [2.45, 2.75) is 25.9 Å². The standard InChI is InChI=1S/C22H22F3N7O/c1-12(2)18-15-10-27-30-16(15)8-9-17(18)28-21-29-19(31-32(21)3)13-4-6-14(7-5-13)20(33)26-11-22(23,24)25/h4-10,12H,11H2,1-3H3,(H,26,33)(H,27,30)(H,28,29,31). The van der Waals surface area contributed by atoms with E-state index in [2.05, 4.69) is 39.4 Å². The van der Waals surface area contributed by atoms with Crippen molar-refractivity contribution < 1.29 is 18.0 Å². The molecule has 3 N–H and O–H groups in total. The number of carbonyl (C=O) groups is 1. The van der Waals surface area contributed by atoms with E-state index in [1.54, 1.807) is 30.1 Å². The van der Waals surface area contributed by atoms with Gasteiger partial charge in [0.05, 0.1) is 11.7 Å². The Labute approximate surface area is 187 Å². The number of hydrogen-bond donors (Lipinski definition) is 3. The number of aromatic amines is 1. The number of carbonyl (C=O) groups excluding carboxylic acids is 1. The first-order chi connectivity index (χ1) is 15.6. The fraction of sp³-hybridized carbons (Fsp3) is 0.273. The Morgan fingerprint density at radius 3 is 2.55 bits per heavy atom. The lowest BCUT2D eigenvalue weighted by atomic mass is 9.97. The second-order valence-electron chi connectivity index (χ2n) is 7.90. The molecule has 172 valence electrons. The number of nitrogens with one attached hydrogen (secondary N) is 3. The Hall–Kier alpha value is -3.89. The van der Waals surface area contributed by atoms with Crippen LogP contribution in [0.2, 0.25) is 0 Å². The van der Waals surface area contributed by atoms with Gasteiger partial charge in [-0.15, -0.1) is 5.10 Å². The highest BCUT2D eigenvalue weighted by molar-refractivity contribution is 5.94. The van der Waals surface area contributed by atoms with Gasteiger partial charge in [-0.05, 0) is 35.7 Å². The third-order valence-electron chi connectivity index (χ3n) is 5.11. The van der Waals surface area contributed by atoms with Gasteiger partial charge in [0.1, 0.15) is 6.54 Å². The van der Waals surface area contributed by atoms with Gasteiger partial charge in [0.15, 0.2) is 5.82 Å². The summed E-state index contributed by atoms with van der Waals surface area (Å²) in [6, 6.07) is 9.97. The maximum atomic E-state index is 12.3. The molecule has 0 aliphatic heterocycles. The van der Waals surface area contributed by atoms with Crippen LogP contribution in [-0.4, -0.2) is 43.6 Å². The summed E-state index contributed by atoms with van der Waals surface area (Å²) in [5.41, 5.74) is 3.67. The molecule has 0 atom stereocenters. The minimum atomic E-state index is -4.46. The van der Waals surface area contributed by atoms with Gasteiger partial charge in [-0.3, -0.25) is 9.89 Å². The Kier molecular flexibility index (Phi) is 5.79. The van der Waals surface area contributed by atoms with Gasteiger partial charge >= 0.3 is 6.18 Å². The number of hydrogen-bond acceptors (Lipinski definition) is 5. The van der Waals surface area contributed by atoms with Crippen molar-refractivity contribution in [2.24, 2.45) is 7.05 Å². The molecule has 0 spiro atoms. The summed E-state index contributed by atoms with van der Waals surface area (Å²) < 4.78 is 38.5. The highest BCUT2D eigenvalue weighted by Crippen LogP contribution is 2.33. The van der Waals surface area contributed by atoms with E-state index in [1.807, 2.05) is 17.4 Å². The molecule has 1 amide bonds. The molecule has 2 heterocycles. The number of anilines is 2. The summed E-state index contributed by atoms with van der Waals surface area (Å²) >= 11 is 0. The average molecular weight is 457 g/mol. The number of halogens is 3. The number of aromatic nitrogens is 5. The highest BCUT2D eigenvalue weighted by Gasteiger charge is 2.28. The third-order valence-corrected chi connectivity index (χ3v) is 5.11. The Bertz CT molecular complexity index is 1290. The van der Waals surface area contributed by atoms with Crippen LogP contribution < -0.4 is 10.6 Å². The molecule has 11 heteroatoms. The predicted molar refractivity (Wildman–Crippen MR) is 118 cm³/mol. The molecule has 0 saturated heterocycles. The number of H-pyrrole nitrogens is 1. The number of rotatable bonds is 6. The molecule has 0 fully saturated rings. The van der Waals surface area contributed by atoms with E-state index in [9.17, 15) is 18.0 Å². The van der Waals surface area contributed by atoms with Crippen LogP contribution in [0.25, 0.3) is 22.3 Å². The molecule has 2 aromatic carbocycles. The number of aryl methyl sites for hydroxylation is 1. The van der Waals surface area contributed by atoms with Gasteiger partial charge in [0, 0.05) is 29.2 Å². The first kappa shape index (κ1) is 22.3. The van der Waals surface area contributed by atoms with Crippen molar-refractivity contribution in [3.63, 3.8) is 0 Å². The molecule has 0 unspecified atom stereocenters. The second kappa shape index (κ2) is 8.57. The largest absolute Gasteiger partial charge is 0.405 e. The Morgan fingerprint density at radius 2 is 1.88 bits per heavy atom. The normalized spacial score (nSPS) is 11.8. The molecular weight excluding hydrogens is 435 g/mol. The van der Waals surface area contributed by atoms with Crippen LogP contribution in [0.3, 0.4) is 0 Å². The van der Waals surface area contributed by atoms with Gasteiger partial charge in [-0.1, -0.05) is 26.0 Å². The van der Waals surface area contributed by atoms with Crippen molar-refractivity contribution in [3.8, 4) is 11.4 Å². The number of amides is 1. The number of alkyl halides is 3. The van der Waals surface area contributed by atoms with Crippen molar-refractivity contribution in [1.29, 1.82) is 0 Å². The molecular formula is C22H22F3N7O. The Morgan fingerprint density at radius 1 is 1.15 bits per heavy atom. The van der Waals surface area contributed by atoms with E-state index in [-0.39, 0.29) is 11.5 Å². The van der Waals surface area contributed by atoms with Gasteiger partial charge in [-0.25, -0.2) is 4.68 Å². The maximum Gasteiger partial charge on any atom is 0.405 e. The van der Waals surface area contributed by atoms with Gasteiger partial charge < -0.3 is 10.6 Å². The van der Waals surface area contributed by atoms with E-state index in [1.165, 1.54) is 12.1 Å². The van der Waals surface area contributed by atoms with E-state index in [0.29, 0.717) is 17.3 Å². The van der Waals surface area contributed by atoms with E-state index >= 15 is 0 Å². The molecule has 0 bridgehead atoms. The molecule has 0 aliphatic carbocycles. The van der Waals surface area contributed by atoms with Crippen LogP contribution in [0.4, 0.5) is 24.8 Å². The summed E-state index contributed by atoms with van der Waals surface area (Å²) in [7, 11) is 1.75. The van der Waals surface area contributed by atoms with E-state index < -0.39 is 18.6 Å². The maximum absolute atomic E-state index is 12.3. The lowest BCUT2D eigenvalue weighted by Gasteiger charge is -2.15. The average Bonchev–Trinajstić information content (AvgIpc) is 3.38. The number of benzene rings is 2. The van der Waals surface area contributed by atoms with Crippen LogP contribution >= 0.6 is 0 Å². The fourth-order valence-electron chi connectivity index (χ4n) is 3.56. The van der Waals surface area contributed by atoms with Crippen molar-refractivity contribution in [2.75, 3.05) is 11.9 Å². The quantitative estimate of drug-likeness (QED) is 0.395. The van der Waals surface area contributed by atoms with Crippen LogP contribution in [0.1, 0.15) is 35.7 Å². The van der Waals surface area contributed by atoms with Crippen molar-refractivity contribution >= 4 is 28.4 Å². The van der Waals surface area contributed by atoms with E-state index in [4.69, 9.17) is 0 Å². The molecule has 0 radical (unpaired) electrons. The lowest BCUT2D eigenvalue weighted by Crippen LogP contribution is -2.33. The number of fused-ring (bicyclic) bond motifs is 1. The second-order valence-corrected chi connectivity index (χ2v) is 7.90. The van der Waals surface area contributed by atoms with E-state index in [0.717, 1.165) is 22.2 Å². The highest BCUT2D eigenvalue weighted by atomic mass is 19.4. The predicted octanol–water partition coefficient (Wildman–Crippen LogP) is 4.52. The zero-order chi connectivity index (χ0) is 23.8. The summed E-state index contributed by atoms with van der Waals surface area (Å²) in [5, 5.41) is 17.7. The van der Waals surface area contributed by atoms with Gasteiger partial charge in [0.2, 0.25) is 5.95 Å². The smallest absolute Gasteiger partial charge is 0.343 e. The molecule has 2 aromatic heterocycles. The molecule has 0 aliphatic rings. The van der Waals surface area contributed by atoms with Crippen LogP contribution in [0, 0.1) is 0 Å². The number of nitrogens with zero attached hydrogens (tertiary/aromatic N) is 4. The summed E-state index contributed by atoms with van der Waals surface area (Å²) in [6.45, 7) is 2.82. The zero-order valence-corrected chi connectivity index (χ0v) is 18.2. The van der Waals surface area contributed by atoms with Crippen LogP contribution in [0.15, 0.2) is 42.6 Å². The minimum absolute atomic E-state index is 0.118. The lowest BCUT2D eigenvalue weighted by molar-refractivity contribution is -0.123. The SMILES string of the molecule is CC(C)c1c(Nc2nc(-c3ccc(C(=O)NCC(F)(F)F)cc3)nn2C)ccc2[nH]ncc12. The topological polar surface area (TPSA) is 101 Å². The summed E-state index contributed by atoms with van der Waals surface area (Å²) in [5.74, 6) is 0.364. The summed E-state index contributed by atoms with van der Waals surface area (Å²) in [6.07, 6.45) is -2.67. The minimum Gasteiger partial charge on any atom is -0.343 e. The van der Waals surface area contributed by atoms with Crippen molar-refractivity contribution in [3.05, 3.63) is 53.7 Å². The summed E-state index contributed by atoms with van der Waals surface area (Å²) in [4.78, 5) is 16.5. The zero-order valence-electron chi connectivity index (χ0n) is 18.2. The monoisotopic (exact) mass is 457 g/mol.